The SMILES string of the molecule is CC(=O)c1ccc(Nc2cnn(C(C)C)c2)c([N+](=O)[O-])c1. The first-order valence-corrected chi connectivity index (χ1v) is 6.49. The molecule has 0 unspecified atom stereocenters. The maximum atomic E-state index is 11.3. The third-order valence-corrected chi connectivity index (χ3v) is 3.01. The van der Waals surface area contributed by atoms with Crippen LogP contribution in [0.3, 0.4) is 0 Å². The van der Waals surface area contributed by atoms with Crippen LogP contribution in [0.4, 0.5) is 17.1 Å². The number of anilines is 2. The summed E-state index contributed by atoms with van der Waals surface area (Å²) in [6, 6.07) is 4.57. The van der Waals surface area contributed by atoms with Crippen molar-refractivity contribution >= 4 is 22.8 Å². The molecule has 21 heavy (non-hydrogen) atoms. The summed E-state index contributed by atoms with van der Waals surface area (Å²) in [5.74, 6) is -0.211. The van der Waals surface area contributed by atoms with Gasteiger partial charge in [-0.1, -0.05) is 0 Å². The van der Waals surface area contributed by atoms with E-state index in [0.717, 1.165) is 0 Å². The molecule has 2 rings (SSSR count). The Hall–Kier alpha value is -2.70. The lowest BCUT2D eigenvalue weighted by Gasteiger charge is -2.06. The average Bonchev–Trinajstić information content (AvgIpc) is 2.87. The number of nitro groups is 1. The van der Waals surface area contributed by atoms with E-state index in [9.17, 15) is 14.9 Å². The monoisotopic (exact) mass is 288 g/mol. The molecule has 0 saturated heterocycles. The van der Waals surface area contributed by atoms with Crippen LogP contribution in [-0.2, 0) is 0 Å². The molecule has 0 atom stereocenters. The number of hydrogen-bond acceptors (Lipinski definition) is 5. The molecule has 110 valence electrons. The standard InChI is InChI=1S/C14H16N4O3/c1-9(2)17-8-12(7-15-17)16-13-5-4-11(10(3)19)6-14(13)18(20)21/h4-9,16H,1-3H3. The van der Waals surface area contributed by atoms with Crippen molar-refractivity contribution in [3.63, 3.8) is 0 Å². The second-order valence-corrected chi connectivity index (χ2v) is 4.97. The second kappa shape index (κ2) is 5.74. The van der Waals surface area contributed by atoms with Gasteiger partial charge in [-0.3, -0.25) is 19.6 Å². The molecule has 0 bridgehead atoms. The first-order valence-electron chi connectivity index (χ1n) is 6.49. The number of carbonyl (C=O) groups is 1. The van der Waals surface area contributed by atoms with Crippen molar-refractivity contribution in [2.75, 3.05) is 5.32 Å². The van der Waals surface area contributed by atoms with Crippen molar-refractivity contribution in [3.8, 4) is 0 Å². The van der Waals surface area contributed by atoms with Crippen LogP contribution < -0.4 is 5.32 Å². The van der Waals surface area contributed by atoms with E-state index in [-0.39, 0.29) is 17.5 Å². The highest BCUT2D eigenvalue weighted by Gasteiger charge is 2.17. The fourth-order valence-electron chi connectivity index (χ4n) is 1.85. The first-order chi connectivity index (χ1) is 9.88. The zero-order chi connectivity index (χ0) is 15.6. The largest absolute Gasteiger partial charge is 0.347 e. The number of benzene rings is 1. The normalized spacial score (nSPS) is 10.7. The molecule has 0 aliphatic carbocycles. The minimum atomic E-state index is -0.512. The minimum Gasteiger partial charge on any atom is -0.347 e. The molecule has 1 N–H and O–H groups in total. The summed E-state index contributed by atoms with van der Waals surface area (Å²) in [5, 5.41) is 18.3. The van der Waals surface area contributed by atoms with Gasteiger partial charge in [0, 0.05) is 23.9 Å². The number of hydrogen-bond donors (Lipinski definition) is 1. The van der Waals surface area contributed by atoms with Gasteiger partial charge in [0.05, 0.1) is 16.8 Å². The Morgan fingerprint density at radius 3 is 2.67 bits per heavy atom. The molecule has 2 aromatic rings. The summed E-state index contributed by atoms with van der Waals surface area (Å²) >= 11 is 0. The van der Waals surface area contributed by atoms with Gasteiger partial charge in [-0.15, -0.1) is 0 Å². The van der Waals surface area contributed by atoms with E-state index in [1.807, 2.05) is 13.8 Å². The van der Waals surface area contributed by atoms with Crippen LogP contribution in [0.25, 0.3) is 0 Å². The molecular formula is C14H16N4O3. The topological polar surface area (TPSA) is 90.1 Å². The Balaban J connectivity index is 2.34. The second-order valence-electron chi connectivity index (χ2n) is 4.97. The van der Waals surface area contributed by atoms with Gasteiger partial charge in [-0.25, -0.2) is 0 Å². The number of ketones is 1. The molecule has 0 aliphatic heterocycles. The molecule has 7 nitrogen and oxygen atoms in total. The Morgan fingerprint density at radius 2 is 2.14 bits per heavy atom. The van der Waals surface area contributed by atoms with Crippen LogP contribution in [0.1, 0.15) is 37.2 Å². The molecule has 0 fully saturated rings. The lowest BCUT2D eigenvalue weighted by Crippen LogP contribution is -2.01. The van der Waals surface area contributed by atoms with E-state index in [2.05, 4.69) is 10.4 Å². The quantitative estimate of drug-likeness (QED) is 0.518. The number of carbonyl (C=O) groups excluding carboxylic acids is 1. The van der Waals surface area contributed by atoms with E-state index < -0.39 is 4.92 Å². The number of aromatic nitrogens is 2. The first kappa shape index (κ1) is 14.7. The summed E-state index contributed by atoms with van der Waals surface area (Å²) in [6.45, 7) is 5.35. The van der Waals surface area contributed by atoms with Gasteiger partial charge in [0.15, 0.2) is 5.78 Å². The van der Waals surface area contributed by atoms with Crippen LogP contribution in [0.15, 0.2) is 30.6 Å². The molecular weight excluding hydrogens is 272 g/mol. The highest BCUT2D eigenvalue weighted by molar-refractivity contribution is 5.95. The van der Waals surface area contributed by atoms with Gasteiger partial charge in [0.2, 0.25) is 0 Å². The van der Waals surface area contributed by atoms with Crippen LogP contribution in [0.2, 0.25) is 0 Å². The van der Waals surface area contributed by atoms with Crippen molar-refractivity contribution in [1.29, 1.82) is 0 Å². The smallest absolute Gasteiger partial charge is 0.293 e. The van der Waals surface area contributed by atoms with Crippen LogP contribution >= 0.6 is 0 Å². The highest BCUT2D eigenvalue weighted by Crippen LogP contribution is 2.29. The van der Waals surface area contributed by atoms with Crippen molar-refractivity contribution in [2.24, 2.45) is 0 Å². The van der Waals surface area contributed by atoms with Crippen molar-refractivity contribution < 1.29 is 9.72 Å². The zero-order valence-electron chi connectivity index (χ0n) is 12.0. The van der Waals surface area contributed by atoms with Crippen LogP contribution in [0.5, 0.6) is 0 Å². The van der Waals surface area contributed by atoms with Crippen molar-refractivity contribution in [3.05, 3.63) is 46.3 Å². The number of nitrogens with one attached hydrogen (secondary N) is 1. The molecule has 0 radical (unpaired) electrons. The van der Waals surface area contributed by atoms with E-state index >= 15 is 0 Å². The van der Waals surface area contributed by atoms with Crippen molar-refractivity contribution in [1.82, 2.24) is 9.78 Å². The number of nitrogens with zero attached hydrogens (tertiary/aromatic N) is 3. The lowest BCUT2D eigenvalue weighted by atomic mass is 10.1. The maximum Gasteiger partial charge on any atom is 0.293 e. The molecule has 0 saturated carbocycles. The summed E-state index contributed by atoms with van der Waals surface area (Å²) in [4.78, 5) is 21.9. The molecule has 0 amide bonds. The molecule has 7 heteroatoms. The van der Waals surface area contributed by atoms with Crippen LogP contribution in [-0.4, -0.2) is 20.5 Å². The third kappa shape index (κ3) is 3.25. The predicted octanol–water partition coefficient (Wildman–Crippen LogP) is 3.32. The van der Waals surface area contributed by atoms with Gasteiger partial charge < -0.3 is 5.32 Å². The average molecular weight is 288 g/mol. The minimum absolute atomic E-state index is 0.139. The Morgan fingerprint density at radius 1 is 1.43 bits per heavy atom. The Labute approximate surface area is 121 Å². The highest BCUT2D eigenvalue weighted by atomic mass is 16.6. The van der Waals surface area contributed by atoms with Gasteiger partial charge in [0.25, 0.3) is 5.69 Å². The number of nitro benzene ring substituents is 1. The molecule has 1 aromatic carbocycles. The number of rotatable bonds is 5. The summed E-state index contributed by atoms with van der Waals surface area (Å²) in [5.41, 5.74) is 1.15. The van der Waals surface area contributed by atoms with Crippen molar-refractivity contribution in [2.45, 2.75) is 26.8 Å². The van der Waals surface area contributed by atoms with Crippen LogP contribution in [0, 0.1) is 10.1 Å². The molecule has 0 aliphatic rings. The third-order valence-electron chi connectivity index (χ3n) is 3.01. The lowest BCUT2D eigenvalue weighted by molar-refractivity contribution is -0.383. The van der Waals surface area contributed by atoms with Gasteiger partial charge in [0.1, 0.15) is 5.69 Å². The van der Waals surface area contributed by atoms with E-state index in [1.54, 1.807) is 23.1 Å². The van der Waals surface area contributed by atoms with Gasteiger partial charge >= 0.3 is 0 Å². The van der Waals surface area contributed by atoms with E-state index in [4.69, 9.17) is 0 Å². The molecule has 0 spiro atoms. The zero-order valence-corrected chi connectivity index (χ0v) is 12.0. The predicted molar refractivity (Wildman–Crippen MR) is 79.0 cm³/mol. The van der Waals surface area contributed by atoms with Gasteiger partial charge in [-0.2, -0.15) is 5.10 Å². The van der Waals surface area contributed by atoms with Gasteiger partial charge in [-0.05, 0) is 32.9 Å². The fraction of sp³-hybridized carbons (Fsp3) is 0.286. The van der Waals surface area contributed by atoms with E-state index in [0.29, 0.717) is 16.9 Å². The Bertz CT molecular complexity index is 691. The van der Waals surface area contributed by atoms with E-state index in [1.165, 1.54) is 19.1 Å². The Kier molecular flexibility index (Phi) is 4.02. The summed E-state index contributed by atoms with van der Waals surface area (Å²) in [7, 11) is 0. The number of Topliss-reactive ketones (excluding diaryl/α,β-unsaturated/α-hetero) is 1. The maximum absolute atomic E-state index is 11.3. The molecule has 1 heterocycles. The fourth-order valence-corrected chi connectivity index (χ4v) is 1.85. The summed E-state index contributed by atoms with van der Waals surface area (Å²) < 4.78 is 1.75. The molecule has 1 aromatic heterocycles. The summed E-state index contributed by atoms with van der Waals surface area (Å²) in [6.07, 6.45) is 3.37.